The minimum atomic E-state index is -1.17. The standard InChI is InChI=1S/C6H4INO2.K/c7-5-3-4(6(9)10)1-2-8-5;/h1-3H,(H,9,10);/q;+1/p-1. The summed E-state index contributed by atoms with van der Waals surface area (Å²) in [6.45, 7) is 0. The van der Waals surface area contributed by atoms with Crippen LogP contribution in [0.25, 0.3) is 0 Å². The quantitative estimate of drug-likeness (QED) is 0.315. The number of aromatic carboxylic acids is 1. The van der Waals surface area contributed by atoms with Crippen molar-refractivity contribution >= 4 is 28.6 Å². The molecule has 3 nitrogen and oxygen atoms in total. The number of hydrogen-bond donors (Lipinski definition) is 0. The second-order valence-electron chi connectivity index (χ2n) is 1.65. The van der Waals surface area contributed by atoms with Gasteiger partial charge in [-0.2, -0.15) is 0 Å². The van der Waals surface area contributed by atoms with Crippen molar-refractivity contribution in [2.45, 2.75) is 0 Å². The van der Waals surface area contributed by atoms with E-state index in [0.717, 1.165) is 0 Å². The number of rotatable bonds is 1. The molecule has 52 valence electrons. The van der Waals surface area contributed by atoms with Gasteiger partial charge in [-0.3, -0.25) is 4.98 Å². The Morgan fingerprint density at radius 3 is 2.64 bits per heavy atom. The molecule has 0 saturated heterocycles. The molecular weight excluding hydrogens is 284 g/mol. The molecular formula is C6H3IKNO2. The SMILES string of the molecule is O=C([O-])c1ccnc(I)c1.[K+]. The molecule has 0 N–H and O–H groups in total. The van der Waals surface area contributed by atoms with Gasteiger partial charge in [0.05, 0.1) is 5.97 Å². The number of carboxylic acids is 1. The van der Waals surface area contributed by atoms with Gasteiger partial charge in [-0.25, -0.2) is 0 Å². The number of carbonyl (C=O) groups excluding carboxylic acids is 1. The average molecular weight is 287 g/mol. The molecule has 11 heavy (non-hydrogen) atoms. The van der Waals surface area contributed by atoms with Crippen molar-refractivity contribution in [3.8, 4) is 0 Å². The third-order valence-corrected chi connectivity index (χ3v) is 1.55. The molecule has 1 heterocycles. The number of carbonyl (C=O) groups is 1. The molecule has 0 aliphatic rings. The summed E-state index contributed by atoms with van der Waals surface area (Å²) in [4.78, 5) is 14.0. The summed E-state index contributed by atoms with van der Waals surface area (Å²) in [6, 6.07) is 2.85. The molecule has 1 aromatic heterocycles. The molecule has 0 aliphatic heterocycles. The van der Waals surface area contributed by atoms with Crippen molar-refractivity contribution in [2.24, 2.45) is 0 Å². The average Bonchev–Trinajstić information content (AvgIpc) is 1.88. The van der Waals surface area contributed by atoms with Crippen molar-refractivity contribution in [3.63, 3.8) is 0 Å². The van der Waals surface area contributed by atoms with Gasteiger partial charge in [-0.05, 0) is 34.7 Å². The summed E-state index contributed by atoms with van der Waals surface area (Å²) in [5.41, 5.74) is 0.166. The van der Waals surface area contributed by atoms with Gasteiger partial charge in [0.15, 0.2) is 0 Å². The first kappa shape index (κ1) is 12.0. The van der Waals surface area contributed by atoms with E-state index >= 15 is 0 Å². The van der Waals surface area contributed by atoms with E-state index in [4.69, 9.17) is 0 Å². The fraction of sp³-hybridized carbons (Fsp3) is 0. The van der Waals surface area contributed by atoms with E-state index in [0.29, 0.717) is 3.70 Å². The van der Waals surface area contributed by atoms with Crippen LogP contribution in [0.2, 0.25) is 0 Å². The van der Waals surface area contributed by atoms with Crippen LogP contribution in [-0.4, -0.2) is 11.0 Å². The molecule has 1 rings (SSSR count). The van der Waals surface area contributed by atoms with Gasteiger partial charge in [-0.1, -0.05) is 0 Å². The zero-order chi connectivity index (χ0) is 7.56. The first-order chi connectivity index (χ1) is 4.70. The first-order valence-electron chi connectivity index (χ1n) is 2.53. The topological polar surface area (TPSA) is 53.0 Å². The van der Waals surface area contributed by atoms with Crippen molar-refractivity contribution in [3.05, 3.63) is 27.6 Å². The first-order valence-corrected chi connectivity index (χ1v) is 3.61. The molecule has 5 heteroatoms. The monoisotopic (exact) mass is 287 g/mol. The molecule has 0 radical (unpaired) electrons. The number of nitrogens with zero attached hydrogens (tertiary/aromatic N) is 1. The van der Waals surface area contributed by atoms with Gasteiger partial charge in [0, 0.05) is 11.8 Å². The maximum atomic E-state index is 10.2. The molecule has 1 aromatic rings. The number of carboxylic acid groups (broad SMARTS) is 1. The number of pyridine rings is 1. The summed E-state index contributed by atoms with van der Waals surface area (Å²) in [7, 11) is 0. The Morgan fingerprint density at radius 1 is 1.64 bits per heavy atom. The summed E-state index contributed by atoms with van der Waals surface area (Å²) < 4.78 is 0.652. The maximum absolute atomic E-state index is 10.2. The van der Waals surface area contributed by atoms with Gasteiger partial charge in [-0.15, -0.1) is 0 Å². The predicted octanol–water partition coefficient (Wildman–Crippen LogP) is -2.95. The van der Waals surface area contributed by atoms with Gasteiger partial charge >= 0.3 is 51.4 Å². The Morgan fingerprint density at radius 2 is 2.27 bits per heavy atom. The van der Waals surface area contributed by atoms with E-state index < -0.39 is 5.97 Å². The maximum Gasteiger partial charge on any atom is 1.00 e. The van der Waals surface area contributed by atoms with Crippen LogP contribution in [0, 0.1) is 3.70 Å². The summed E-state index contributed by atoms with van der Waals surface area (Å²) in [5, 5.41) is 10.2. The minimum absolute atomic E-state index is 0. The van der Waals surface area contributed by atoms with E-state index in [1.807, 2.05) is 22.6 Å². The minimum Gasteiger partial charge on any atom is -0.545 e. The van der Waals surface area contributed by atoms with Crippen molar-refractivity contribution < 1.29 is 61.3 Å². The van der Waals surface area contributed by atoms with Gasteiger partial charge in [0.2, 0.25) is 0 Å². The van der Waals surface area contributed by atoms with E-state index in [9.17, 15) is 9.90 Å². The largest absolute Gasteiger partial charge is 1.00 e. The fourth-order valence-electron chi connectivity index (χ4n) is 0.529. The van der Waals surface area contributed by atoms with Crippen LogP contribution in [0.3, 0.4) is 0 Å². The van der Waals surface area contributed by atoms with Crippen LogP contribution < -0.4 is 56.5 Å². The molecule has 0 amide bonds. The fourth-order valence-corrected chi connectivity index (χ4v) is 1.03. The van der Waals surface area contributed by atoms with Crippen LogP contribution >= 0.6 is 22.6 Å². The molecule has 0 aromatic carbocycles. The van der Waals surface area contributed by atoms with Crippen LogP contribution in [0.4, 0.5) is 0 Å². The van der Waals surface area contributed by atoms with Crippen molar-refractivity contribution in [1.29, 1.82) is 0 Å². The van der Waals surface area contributed by atoms with Gasteiger partial charge in [0.1, 0.15) is 3.70 Å². The smallest absolute Gasteiger partial charge is 0.545 e. The van der Waals surface area contributed by atoms with E-state index in [1.54, 1.807) is 0 Å². The normalized spacial score (nSPS) is 8.45. The molecule has 0 fully saturated rings. The van der Waals surface area contributed by atoms with Crippen LogP contribution in [0.15, 0.2) is 18.3 Å². The van der Waals surface area contributed by atoms with Crippen molar-refractivity contribution in [2.75, 3.05) is 0 Å². The van der Waals surface area contributed by atoms with E-state index in [2.05, 4.69) is 4.98 Å². The molecule has 0 unspecified atom stereocenters. The second kappa shape index (κ2) is 5.60. The third-order valence-electron chi connectivity index (χ3n) is 0.962. The predicted molar refractivity (Wildman–Crippen MR) is 41.3 cm³/mol. The van der Waals surface area contributed by atoms with Crippen LogP contribution in [0.5, 0.6) is 0 Å². The summed E-state index contributed by atoms with van der Waals surface area (Å²) in [5.74, 6) is -1.17. The van der Waals surface area contributed by atoms with Gasteiger partial charge < -0.3 is 9.90 Å². The Labute approximate surface area is 120 Å². The van der Waals surface area contributed by atoms with Crippen LogP contribution in [0.1, 0.15) is 10.4 Å². The molecule has 0 spiro atoms. The molecule has 0 atom stereocenters. The Hall–Kier alpha value is 0.986. The molecule has 0 aliphatic carbocycles. The Kier molecular flexibility index (Phi) is 6.10. The summed E-state index contributed by atoms with van der Waals surface area (Å²) >= 11 is 1.94. The number of hydrogen-bond acceptors (Lipinski definition) is 3. The zero-order valence-electron chi connectivity index (χ0n) is 5.87. The summed E-state index contributed by atoms with van der Waals surface area (Å²) in [6.07, 6.45) is 1.44. The van der Waals surface area contributed by atoms with Gasteiger partial charge in [0.25, 0.3) is 0 Å². The van der Waals surface area contributed by atoms with Crippen molar-refractivity contribution in [1.82, 2.24) is 4.98 Å². The van der Waals surface area contributed by atoms with E-state index in [-0.39, 0.29) is 56.9 Å². The molecule has 0 bridgehead atoms. The molecule has 0 saturated carbocycles. The van der Waals surface area contributed by atoms with Crippen LogP contribution in [-0.2, 0) is 0 Å². The Balaban J connectivity index is 0.000001000. The van der Waals surface area contributed by atoms with E-state index in [1.165, 1.54) is 18.3 Å². The third kappa shape index (κ3) is 3.95. The Bertz CT molecular complexity index is 267. The second-order valence-corrected chi connectivity index (χ2v) is 2.76. The number of aromatic nitrogens is 1. The number of halogens is 1. The zero-order valence-corrected chi connectivity index (χ0v) is 11.2.